The van der Waals surface area contributed by atoms with Crippen molar-refractivity contribution in [2.75, 3.05) is 0 Å². The van der Waals surface area contributed by atoms with E-state index in [1.807, 2.05) is 0 Å². The first-order valence-corrected chi connectivity index (χ1v) is 6.21. The second-order valence-electron chi connectivity index (χ2n) is 4.70. The minimum atomic E-state index is 0.662. The summed E-state index contributed by atoms with van der Waals surface area (Å²) in [4.78, 5) is 0. The summed E-state index contributed by atoms with van der Waals surface area (Å²) in [6, 6.07) is 0. The fourth-order valence-corrected chi connectivity index (χ4v) is 1.54. The summed E-state index contributed by atoms with van der Waals surface area (Å²) in [5, 5.41) is 0. The Balaban J connectivity index is 3.79. The zero-order valence-corrected chi connectivity index (χ0v) is 11.3. The Morgan fingerprint density at radius 3 is 1.81 bits per heavy atom. The minimum Gasteiger partial charge on any atom is -0.0942 e. The van der Waals surface area contributed by atoms with Crippen LogP contribution in [-0.4, -0.2) is 7.85 Å². The Labute approximate surface area is 103 Å². The minimum absolute atomic E-state index is 0.662. The van der Waals surface area contributed by atoms with Crippen molar-refractivity contribution in [2.24, 2.45) is 0 Å². The van der Waals surface area contributed by atoms with Crippen LogP contribution in [0.3, 0.4) is 0 Å². The molecule has 0 bridgehead atoms. The predicted octanol–water partition coefficient (Wildman–Crippen LogP) is 4.99. The molecule has 0 aromatic carbocycles. The summed E-state index contributed by atoms with van der Waals surface area (Å²) in [5.41, 5.74) is 4.31. The van der Waals surface area contributed by atoms with Crippen molar-refractivity contribution in [3.63, 3.8) is 0 Å². The van der Waals surface area contributed by atoms with Crippen LogP contribution < -0.4 is 0 Å². The lowest BCUT2D eigenvalue weighted by Gasteiger charge is -2.00. The van der Waals surface area contributed by atoms with Gasteiger partial charge in [0.25, 0.3) is 0 Å². The molecule has 0 saturated heterocycles. The molecule has 0 heterocycles. The molecule has 16 heavy (non-hydrogen) atoms. The Morgan fingerprint density at radius 2 is 1.31 bits per heavy atom. The molecule has 0 aromatic heterocycles. The van der Waals surface area contributed by atoms with Gasteiger partial charge in [0.1, 0.15) is 0 Å². The lowest BCUT2D eigenvalue weighted by atomic mass is 10.0. The van der Waals surface area contributed by atoms with Crippen LogP contribution in [0.2, 0.25) is 6.32 Å². The zero-order valence-electron chi connectivity index (χ0n) is 11.3. The third kappa shape index (κ3) is 9.83. The number of allylic oxidation sites excluding steroid dienone is 6. The average molecular weight is 216 g/mol. The Morgan fingerprint density at radius 1 is 0.812 bits per heavy atom. The van der Waals surface area contributed by atoms with E-state index in [1.54, 1.807) is 0 Å². The highest BCUT2D eigenvalue weighted by Gasteiger charge is 1.91. The summed E-state index contributed by atoms with van der Waals surface area (Å²) in [6.07, 6.45) is 12.1. The van der Waals surface area contributed by atoms with Crippen molar-refractivity contribution in [2.45, 2.75) is 59.7 Å². The third-order valence-electron chi connectivity index (χ3n) is 2.59. The molecule has 0 amide bonds. The molecule has 0 fully saturated rings. The molecule has 0 aliphatic carbocycles. The molecule has 0 atom stereocenters. The van der Waals surface area contributed by atoms with Gasteiger partial charge in [-0.25, -0.2) is 0 Å². The van der Waals surface area contributed by atoms with Gasteiger partial charge in [0.2, 0.25) is 0 Å². The van der Waals surface area contributed by atoms with Crippen molar-refractivity contribution in [3.8, 4) is 0 Å². The van der Waals surface area contributed by atoms with E-state index in [0.717, 1.165) is 12.8 Å². The first-order chi connectivity index (χ1) is 7.56. The van der Waals surface area contributed by atoms with Gasteiger partial charge in [-0.2, -0.15) is 0 Å². The molecule has 0 aromatic rings. The van der Waals surface area contributed by atoms with Crippen LogP contribution in [0, 0.1) is 0 Å². The molecule has 0 saturated carbocycles. The maximum Gasteiger partial charge on any atom is 0.0708 e. The largest absolute Gasteiger partial charge is 0.0942 e. The molecule has 2 radical (unpaired) electrons. The highest BCUT2D eigenvalue weighted by molar-refractivity contribution is 6.09. The van der Waals surface area contributed by atoms with Gasteiger partial charge in [0.05, 0.1) is 7.85 Å². The molecule has 0 unspecified atom stereocenters. The van der Waals surface area contributed by atoms with Crippen molar-refractivity contribution in [1.29, 1.82) is 0 Å². The summed E-state index contributed by atoms with van der Waals surface area (Å²) >= 11 is 0. The third-order valence-corrected chi connectivity index (χ3v) is 2.59. The van der Waals surface area contributed by atoms with Gasteiger partial charge < -0.3 is 0 Å². The van der Waals surface area contributed by atoms with E-state index in [0.29, 0.717) is 6.32 Å². The van der Waals surface area contributed by atoms with E-state index in [4.69, 9.17) is 7.85 Å². The monoisotopic (exact) mass is 216 g/mol. The first kappa shape index (κ1) is 15.3. The number of hydrogen-bond donors (Lipinski definition) is 0. The summed E-state index contributed by atoms with van der Waals surface area (Å²) in [7, 11) is 5.46. The summed E-state index contributed by atoms with van der Waals surface area (Å²) in [6.45, 7) is 8.68. The molecule has 0 nitrogen and oxygen atoms in total. The van der Waals surface area contributed by atoms with E-state index >= 15 is 0 Å². The van der Waals surface area contributed by atoms with Gasteiger partial charge in [0.15, 0.2) is 0 Å². The quantitative estimate of drug-likeness (QED) is 0.415. The summed E-state index contributed by atoms with van der Waals surface area (Å²) < 4.78 is 0. The molecule has 0 spiro atoms. The van der Waals surface area contributed by atoms with Crippen LogP contribution >= 0.6 is 0 Å². The van der Waals surface area contributed by atoms with Crippen LogP contribution in [0.4, 0.5) is 0 Å². The van der Waals surface area contributed by atoms with Gasteiger partial charge in [-0.3, -0.25) is 0 Å². The number of rotatable bonds is 7. The molecule has 88 valence electrons. The van der Waals surface area contributed by atoms with E-state index in [2.05, 4.69) is 45.9 Å². The highest BCUT2D eigenvalue weighted by Crippen LogP contribution is 2.11. The molecule has 1 heteroatoms. The molecular weight excluding hydrogens is 191 g/mol. The molecule has 0 N–H and O–H groups in total. The normalized spacial score (nSPS) is 12.8. The molecule has 0 rings (SSSR count). The average Bonchev–Trinajstić information content (AvgIpc) is 2.17. The second kappa shape index (κ2) is 9.51. The van der Waals surface area contributed by atoms with Crippen LogP contribution in [-0.2, 0) is 0 Å². The molecule has 0 aliphatic heterocycles. The van der Waals surface area contributed by atoms with Gasteiger partial charge >= 0.3 is 0 Å². The van der Waals surface area contributed by atoms with Crippen molar-refractivity contribution >= 4 is 7.85 Å². The van der Waals surface area contributed by atoms with Crippen LogP contribution in [0.1, 0.15) is 53.4 Å². The predicted molar refractivity (Wildman–Crippen MR) is 76.0 cm³/mol. The van der Waals surface area contributed by atoms with Crippen molar-refractivity contribution < 1.29 is 0 Å². The van der Waals surface area contributed by atoms with E-state index in [9.17, 15) is 0 Å². The zero-order chi connectivity index (χ0) is 12.4. The lowest BCUT2D eigenvalue weighted by molar-refractivity contribution is 0.917. The van der Waals surface area contributed by atoms with Crippen molar-refractivity contribution in [3.05, 3.63) is 34.9 Å². The van der Waals surface area contributed by atoms with E-state index in [1.165, 1.54) is 29.6 Å². The molecule has 0 aliphatic rings. The van der Waals surface area contributed by atoms with E-state index < -0.39 is 0 Å². The molecular formula is C15H25B. The van der Waals surface area contributed by atoms with Crippen LogP contribution in [0.15, 0.2) is 34.9 Å². The first-order valence-electron chi connectivity index (χ1n) is 6.21. The second-order valence-corrected chi connectivity index (χ2v) is 4.70. The van der Waals surface area contributed by atoms with Gasteiger partial charge in [-0.15, -0.1) is 0 Å². The Kier molecular flexibility index (Phi) is 9.08. The lowest BCUT2D eigenvalue weighted by Crippen LogP contribution is -1.80. The fraction of sp³-hybridized carbons (Fsp3) is 0.600. The summed E-state index contributed by atoms with van der Waals surface area (Å²) in [5.74, 6) is 0. The van der Waals surface area contributed by atoms with Gasteiger partial charge in [-0.1, -0.05) is 41.3 Å². The Hall–Kier alpha value is -0.715. The maximum atomic E-state index is 5.46. The topological polar surface area (TPSA) is 0 Å². The van der Waals surface area contributed by atoms with Crippen LogP contribution in [0.25, 0.3) is 0 Å². The van der Waals surface area contributed by atoms with Crippen LogP contribution in [0.5, 0.6) is 0 Å². The maximum absolute atomic E-state index is 5.46. The van der Waals surface area contributed by atoms with Gasteiger partial charge in [0, 0.05) is 0 Å². The SMILES string of the molecule is [B]C/C=C(\C)CC/C=C(\C)CCC=C(C)C. The standard InChI is InChI=1S/C15H25B/c1-13(2)7-5-8-14(3)9-6-10-15(4)11-12-16/h7,9,11H,5-6,8,10,12H2,1-4H3/b14-9+,15-11+. The highest BCUT2D eigenvalue weighted by atomic mass is 14.0. The smallest absolute Gasteiger partial charge is 0.0708 e. The number of hydrogen-bond acceptors (Lipinski definition) is 0. The fourth-order valence-electron chi connectivity index (χ4n) is 1.54. The Bertz CT molecular complexity index is 265. The van der Waals surface area contributed by atoms with Crippen molar-refractivity contribution in [1.82, 2.24) is 0 Å². The van der Waals surface area contributed by atoms with E-state index in [-0.39, 0.29) is 0 Å². The van der Waals surface area contributed by atoms with Gasteiger partial charge in [-0.05, 0) is 53.4 Å².